The maximum Gasteiger partial charge on any atom is 0.215 e. The molecule has 3 aromatic carbocycles. The van der Waals surface area contributed by atoms with Crippen molar-refractivity contribution in [1.82, 2.24) is 9.97 Å². The molecule has 4 nitrogen and oxygen atoms in total. The molecule has 0 amide bonds. The quantitative estimate of drug-likeness (QED) is 0.135. The van der Waals surface area contributed by atoms with Gasteiger partial charge in [0.05, 0.1) is 5.33 Å². The Bertz CT molecular complexity index is 1340. The molecule has 0 unspecified atom stereocenters. The van der Waals surface area contributed by atoms with E-state index in [1.165, 1.54) is 22.7 Å². The Kier molecular flexibility index (Phi) is 9.31. The van der Waals surface area contributed by atoms with E-state index in [4.69, 9.17) is 0 Å². The first-order valence-corrected chi connectivity index (χ1v) is 15.7. The number of nitrogens with zero attached hydrogens (tertiary/aromatic N) is 2. The van der Waals surface area contributed by atoms with Gasteiger partial charge in [-0.3, -0.25) is 9.59 Å². The summed E-state index contributed by atoms with van der Waals surface area (Å²) in [5, 5.41) is 8.58. The highest BCUT2D eigenvalue weighted by Gasteiger charge is 2.27. The van der Waals surface area contributed by atoms with Gasteiger partial charge in [-0.25, -0.2) is 9.97 Å². The second kappa shape index (κ2) is 12.8. The molecule has 2 aromatic heterocycles. The van der Waals surface area contributed by atoms with Crippen molar-refractivity contribution in [3.63, 3.8) is 0 Å². The van der Waals surface area contributed by atoms with Gasteiger partial charge in [-0.05, 0) is 28.6 Å². The van der Waals surface area contributed by atoms with E-state index in [-0.39, 0.29) is 11.6 Å². The van der Waals surface area contributed by atoms with Gasteiger partial charge in [0, 0.05) is 23.2 Å². The monoisotopic (exact) mass is 592 g/mol. The van der Waals surface area contributed by atoms with Crippen LogP contribution in [0.4, 0.5) is 0 Å². The molecule has 0 saturated heterocycles. The molecule has 8 heteroatoms. The largest absolute Gasteiger partial charge is 0.291 e. The average Bonchev–Trinajstić information content (AvgIpc) is 3.68. The molecule has 2 heterocycles. The summed E-state index contributed by atoms with van der Waals surface area (Å²) in [5.41, 5.74) is 0. The van der Waals surface area contributed by atoms with E-state index in [1.54, 1.807) is 17.8 Å². The summed E-state index contributed by atoms with van der Waals surface area (Å²) in [4.78, 5) is 32.0. The van der Waals surface area contributed by atoms with Crippen molar-refractivity contribution in [2.75, 3.05) is 5.33 Å². The highest BCUT2D eigenvalue weighted by Crippen LogP contribution is 2.43. The zero-order chi connectivity index (χ0) is 25.2. The molecule has 0 aliphatic rings. The van der Waals surface area contributed by atoms with Crippen molar-refractivity contribution in [3.05, 3.63) is 124 Å². The number of carbonyl (C=O) groups excluding carboxylic acids is 2. The van der Waals surface area contributed by atoms with Gasteiger partial charge >= 0.3 is 0 Å². The number of rotatable bonds is 7. The van der Waals surface area contributed by atoms with Crippen LogP contribution < -0.4 is 15.9 Å². The average molecular weight is 594 g/mol. The third kappa shape index (κ3) is 6.05. The van der Waals surface area contributed by atoms with Crippen molar-refractivity contribution in [1.29, 1.82) is 0 Å². The first kappa shape index (κ1) is 26.1. The smallest absolute Gasteiger partial charge is 0.215 e. The summed E-state index contributed by atoms with van der Waals surface area (Å²) in [5.74, 6) is 1.95. The van der Waals surface area contributed by atoms with Gasteiger partial charge in [-0.1, -0.05) is 107 Å². The second-order valence-electron chi connectivity index (χ2n) is 7.45. The number of aromatic nitrogens is 2. The van der Waals surface area contributed by atoms with E-state index >= 15 is 0 Å². The minimum absolute atomic E-state index is 0.0186. The van der Waals surface area contributed by atoms with Crippen molar-refractivity contribution in [3.8, 4) is 0 Å². The lowest BCUT2D eigenvalue weighted by molar-refractivity contribution is 0.102. The minimum atomic E-state index is -2.26. The summed E-state index contributed by atoms with van der Waals surface area (Å²) in [6.07, 6.45) is 3.31. The fraction of sp³-hybridized carbons (Fsp3) is 0.0357. The van der Waals surface area contributed by atoms with E-state index < -0.39 is 6.89 Å². The first-order valence-electron chi connectivity index (χ1n) is 11.0. The van der Waals surface area contributed by atoms with Crippen LogP contribution in [-0.2, 0) is 0 Å². The number of ketones is 2. The Morgan fingerprint density at radius 2 is 1.11 bits per heavy atom. The third-order valence-corrected chi connectivity index (χ3v) is 11.3. The Morgan fingerprint density at radius 3 is 1.47 bits per heavy atom. The number of alkyl halides is 1. The van der Waals surface area contributed by atoms with E-state index in [2.05, 4.69) is 62.3 Å². The normalized spacial score (nSPS) is 10.7. The number of halogens is 1. The topological polar surface area (TPSA) is 59.9 Å². The van der Waals surface area contributed by atoms with Crippen LogP contribution in [0.3, 0.4) is 0 Å². The van der Waals surface area contributed by atoms with Crippen LogP contribution in [0, 0.1) is 0 Å². The Balaban J connectivity index is 0.000000286. The molecule has 0 radical (unpaired) electrons. The molecule has 0 N–H and O–H groups in total. The van der Waals surface area contributed by atoms with E-state index in [1.807, 2.05) is 65.8 Å². The minimum Gasteiger partial charge on any atom is -0.291 e. The summed E-state index contributed by atoms with van der Waals surface area (Å²) in [7, 11) is 0. The Hall–Kier alpha value is -2.96. The molecule has 0 spiro atoms. The summed E-state index contributed by atoms with van der Waals surface area (Å²) in [6.45, 7) is -2.26. The van der Waals surface area contributed by atoms with E-state index in [9.17, 15) is 9.59 Å². The van der Waals surface area contributed by atoms with Gasteiger partial charge < -0.3 is 0 Å². The molecule has 180 valence electrons. The van der Waals surface area contributed by atoms with Crippen LogP contribution in [0.2, 0.25) is 0 Å². The van der Waals surface area contributed by atoms with Gasteiger partial charge in [-0.15, -0.1) is 22.7 Å². The van der Waals surface area contributed by atoms with Gasteiger partial charge in [0.15, 0.2) is 10.0 Å². The number of hydrogen-bond acceptors (Lipinski definition) is 6. The fourth-order valence-electron chi connectivity index (χ4n) is 3.65. The molecule has 5 aromatic rings. The molecule has 0 bridgehead atoms. The van der Waals surface area contributed by atoms with Gasteiger partial charge in [0.2, 0.25) is 11.6 Å². The molecule has 0 fully saturated rings. The molecule has 0 saturated carbocycles. The lowest BCUT2D eigenvalue weighted by Crippen LogP contribution is -2.28. The zero-order valence-corrected chi connectivity index (χ0v) is 23.2. The summed E-state index contributed by atoms with van der Waals surface area (Å²) < 4.78 is 0. The Labute approximate surface area is 226 Å². The highest BCUT2D eigenvalue weighted by molar-refractivity contribution is 9.09. The van der Waals surface area contributed by atoms with Crippen LogP contribution in [0.25, 0.3) is 0 Å². The second-order valence-corrected chi connectivity index (χ2v) is 13.1. The summed E-state index contributed by atoms with van der Waals surface area (Å²) >= 11 is 5.80. The van der Waals surface area contributed by atoms with Crippen LogP contribution in [0.1, 0.15) is 19.6 Å². The van der Waals surface area contributed by atoms with Gasteiger partial charge in [0.1, 0.15) is 0 Å². The van der Waals surface area contributed by atoms with Crippen LogP contribution >= 0.6 is 45.5 Å². The molecule has 0 aliphatic heterocycles. The third-order valence-electron chi connectivity index (χ3n) is 5.24. The Morgan fingerprint density at radius 1 is 0.694 bits per heavy atom. The lowest BCUT2D eigenvalue weighted by Gasteiger charge is -2.28. The number of Topliss-reactive ketones (excluding diaryl/α,β-unsaturated/α-hetero) is 2. The predicted molar refractivity (Wildman–Crippen MR) is 158 cm³/mol. The van der Waals surface area contributed by atoms with Crippen LogP contribution in [-0.4, -0.2) is 32.7 Å². The zero-order valence-electron chi connectivity index (χ0n) is 19.1. The van der Waals surface area contributed by atoms with Crippen molar-refractivity contribution < 1.29 is 9.59 Å². The molecule has 0 atom stereocenters. The van der Waals surface area contributed by atoms with E-state index in [0.29, 0.717) is 15.3 Å². The standard InChI is InChI=1S/C23H18NOPS.C5H4BrNOS/c25-22(23-24-16-17-27-23)18-26(19-10-4-1-5-11-19,20-12-6-2-7-13-20)21-14-8-3-9-15-21;6-3-4(8)5-7-1-2-9-5/h1-18H;1-2H,3H2. The predicted octanol–water partition coefficient (Wildman–Crippen LogP) is 5.84. The van der Waals surface area contributed by atoms with Gasteiger partial charge in [0.25, 0.3) is 0 Å². The number of benzene rings is 3. The molecular weight excluding hydrogens is 571 g/mol. The first-order chi connectivity index (χ1) is 17.6. The lowest BCUT2D eigenvalue weighted by atomic mass is 10.4. The van der Waals surface area contributed by atoms with Gasteiger partial charge in [-0.2, -0.15) is 0 Å². The van der Waals surface area contributed by atoms with Crippen molar-refractivity contribution in [2.45, 2.75) is 0 Å². The number of carbonyl (C=O) groups is 2. The molecule has 0 aliphatic carbocycles. The SMILES string of the molecule is O=C(C=P(c1ccccc1)(c1ccccc1)c1ccccc1)c1nccs1.O=C(CBr)c1nccs1. The maximum absolute atomic E-state index is 13.2. The van der Waals surface area contributed by atoms with Crippen LogP contribution in [0.15, 0.2) is 114 Å². The number of thiazole rings is 2. The molecular formula is C28H22BrN2O2PS2. The van der Waals surface area contributed by atoms with Crippen molar-refractivity contribution >= 4 is 78.8 Å². The highest BCUT2D eigenvalue weighted by atomic mass is 79.9. The maximum atomic E-state index is 13.2. The molecule has 36 heavy (non-hydrogen) atoms. The number of hydrogen-bond donors (Lipinski definition) is 0. The molecule has 5 rings (SSSR count). The fourth-order valence-corrected chi connectivity index (χ4v) is 9.06. The summed E-state index contributed by atoms with van der Waals surface area (Å²) in [6, 6.07) is 31.0. The van der Waals surface area contributed by atoms with Crippen LogP contribution in [0.5, 0.6) is 0 Å². The van der Waals surface area contributed by atoms with E-state index in [0.717, 1.165) is 15.9 Å². The van der Waals surface area contributed by atoms with Crippen molar-refractivity contribution in [2.24, 2.45) is 0 Å².